The van der Waals surface area contributed by atoms with Gasteiger partial charge in [-0.25, -0.2) is 4.39 Å². The lowest BCUT2D eigenvalue weighted by molar-refractivity contribution is 0.446. The maximum absolute atomic E-state index is 13.0. The number of nitrogens with one attached hydrogen (secondary N) is 1. The topological polar surface area (TPSA) is 52.5 Å². The summed E-state index contributed by atoms with van der Waals surface area (Å²) in [5, 5.41) is 21.8. The molecular weight excluding hydrogens is 301 g/mol. The van der Waals surface area contributed by atoms with Gasteiger partial charge >= 0.3 is 0 Å². The maximum atomic E-state index is 13.0. The normalized spacial score (nSPS) is 10.3. The zero-order valence-corrected chi connectivity index (χ0v) is 10.9. The van der Waals surface area contributed by atoms with Gasteiger partial charge < -0.3 is 15.5 Å². The van der Waals surface area contributed by atoms with Crippen molar-refractivity contribution in [2.24, 2.45) is 0 Å². The molecule has 0 bridgehead atoms. The van der Waals surface area contributed by atoms with Crippen LogP contribution in [0.2, 0.25) is 0 Å². The summed E-state index contributed by atoms with van der Waals surface area (Å²) in [7, 11) is 0. The van der Waals surface area contributed by atoms with Crippen molar-refractivity contribution in [2.45, 2.75) is 6.54 Å². The minimum Gasteiger partial charge on any atom is -0.508 e. The van der Waals surface area contributed by atoms with Crippen LogP contribution in [0, 0.1) is 5.82 Å². The van der Waals surface area contributed by atoms with Crippen molar-refractivity contribution in [1.82, 2.24) is 0 Å². The van der Waals surface area contributed by atoms with Gasteiger partial charge in [0.2, 0.25) is 0 Å². The van der Waals surface area contributed by atoms with Gasteiger partial charge in [-0.05, 0) is 46.3 Å². The van der Waals surface area contributed by atoms with Crippen molar-refractivity contribution in [3.63, 3.8) is 0 Å². The van der Waals surface area contributed by atoms with E-state index in [0.717, 1.165) is 5.69 Å². The SMILES string of the molecule is Oc1ccc(CNc2ccc(F)c(Br)c2)c(O)c1. The second-order valence-electron chi connectivity index (χ2n) is 3.80. The Morgan fingerprint density at radius 2 is 1.89 bits per heavy atom. The van der Waals surface area contributed by atoms with Gasteiger partial charge in [0.05, 0.1) is 4.47 Å². The zero-order valence-electron chi connectivity index (χ0n) is 9.32. The van der Waals surface area contributed by atoms with Gasteiger partial charge in [0.1, 0.15) is 17.3 Å². The maximum Gasteiger partial charge on any atom is 0.137 e. The monoisotopic (exact) mass is 311 g/mol. The molecule has 2 aromatic carbocycles. The summed E-state index contributed by atoms with van der Waals surface area (Å²) >= 11 is 3.10. The average molecular weight is 312 g/mol. The number of rotatable bonds is 3. The number of phenols is 2. The third kappa shape index (κ3) is 2.92. The lowest BCUT2D eigenvalue weighted by Crippen LogP contribution is -1.99. The standard InChI is InChI=1S/C13H11BrFNO2/c14-11-5-9(2-4-12(11)15)16-7-8-1-3-10(17)6-13(8)18/h1-6,16-18H,7H2. The van der Waals surface area contributed by atoms with E-state index in [1.165, 1.54) is 18.2 Å². The molecule has 2 rings (SSSR count). The molecule has 0 aliphatic heterocycles. The second kappa shape index (κ2) is 5.27. The Labute approximate surface area is 112 Å². The van der Waals surface area contributed by atoms with Crippen LogP contribution >= 0.6 is 15.9 Å². The van der Waals surface area contributed by atoms with E-state index in [4.69, 9.17) is 5.11 Å². The molecule has 0 radical (unpaired) electrons. The third-order valence-electron chi connectivity index (χ3n) is 2.47. The first-order valence-electron chi connectivity index (χ1n) is 5.26. The molecule has 0 unspecified atom stereocenters. The molecule has 0 spiro atoms. The smallest absolute Gasteiger partial charge is 0.137 e. The second-order valence-corrected chi connectivity index (χ2v) is 4.65. The quantitative estimate of drug-likeness (QED) is 0.811. The van der Waals surface area contributed by atoms with Crippen LogP contribution in [0.1, 0.15) is 5.56 Å². The summed E-state index contributed by atoms with van der Waals surface area (Å²) in [6, 6.07) is 8.97. The molecule has 0 aromatic heterocycles. The molecule has 0 saturated carbocycles. The molecule has 3 nitrogen and oxygen atoms in total. The minimum absolute atomic E-state index is 0.0146. The number of benzene rings is 2. The lowest BCUT2D eigenvalue weighted by atomic mass is 10.2. The van der Waals surface area contributed by atoms with Gasteiger partial charge in [0.15, 0.2) is 0 Å². The summed E-state index contributed by atoms with van der Waals surface area (Å²) < 4.78 is 13.4. The number of anilines is 1. The van der Waals surface area contributed by atoms with Crippen molar-refractivity contribution >= 4 is 21.6 Å². The van der Waals surface area contributed by atoms with E-state index >= 15 is 0 Å². The third-order valence-corrected chi connectivity index (χ3v) is 3.08. The first kappa shape index (κ1) is 12.7. The van der Waals surface area contributed by atoms with Crippen LogP contribution in [-0.4, -0.2) is 10.2 Å². The molecule has 0 atom stereocenters. The highest BCUT2D eigenvalue weighted by molar-refractivity contribution is 9.10. The molecule has 5 heteroatoms. The van der Waals surface area contributed by atoms with Gasteiger partial charge in [-0.2, -0.15) is 0 Å². The molecule has 94 valence electrons. The van der Waals surface area contributed by atoms with Gasteiger partial charge in [-0.1, -0.05) is 0 Å². The Balaban J connectivity index is 2.09. The van der Waals surface area contributed by atoms with E-state index in [9.17, 15) is 9.50 Å². The Morgan fingerprint density at radius 1 is 1.11 bits per heavy atom. The number of hydrogen-bond acceptors (Lipinski definition) is 3. The van der Waals surface area contributed by atoms with Crippen LogP contribution in [0.3, 0.4) is 0 Å². The molecule has 0 amide bonds. The van der Waals surface area contributed by atoms with E-state index in [1.54, 1.807) is 18.2 Å². The number of phenolic OH excluding ortho intramolecular Hbond substituents is 2. The summed E-state index contributed by atoms with van der Waals surface area (Å²) in [5.41, 5.74) is 1.38. The predicted molar refractivity (Wildman–Crippen MR) is 71.2 cm³/mol. The Morgan fingerprint density at radius 3 is 2.56 bits per heavy atom. The van der Waals surface area contributed by atoms with Crippen molar-refractivity contribution < 1.29 is 14.6 Å². The summed E-state index contributed by atoms with van der Waals surface area (Å²) in [6.07, 6.45) is 0. The highest BCUT2D eigenvalue weighted by Gasteiger charge is 2.04. The first-order valence-corrected chi connectivity index (χ1v) is 6.05. The Bertz CT molecular complexity index is 575. The summed E-state index contributed by atoms with van der Waals surface area (Å²) in [5.74, 6) is -0.294. The highest BCUT2D eigenvalue weighted by Crippen LogP contribution is 2.24. The molecular formula is C13H11BrFNO2. The molecule has 3 N–H and O–H groups in total. The fourth-order valence-corrected chi connectivity index (χ4v) is 1.88. The molecule has 0 aliphatic carbocycles. The van der Waals surface area contributed by atoms with E-state index in [2.05, 4.69) is 21.2 Å². The van der Waals surface area contributed by atoms with Crippen LogP contribution in [0.15, 0.2) is 40.9 Å². The van der Waals surface area contributed by atoms with E-state index in [1.807, 2.05) is 0 Å². The highest BCUT2D eigenvalue weighted by atomic mass is 79.9. The molecule has 0 saturated heterocycles. The predicted octanol–water partition coefficient (Wildman–Crippen LogP) is 3.61. The molecule has 0 fully saturated rings. The van der Waals surface area contributed by atoms with Crippen molar-refractivity contribution in [2.75, 3.05) is 5.32 Å². The van der Waals surface area contributed by atoms with Crippen molar-refractivity contribution in [1.29, 1.82) is 0 Å². The Kier molecular flexibility index (Phi) is 3.72. The van der Waals surface area contributed by atoms with Crippen molar-refractivity contribution in [3.05, 3.63) is 52.3 Å². The number of halogens is 2. The van der Waals surface area contributed by atoms with Crippen LogP contribution < -0.4 is 5.32 Å². The lowest BCUT2D eigenvalue weighted by Gasteiger charge is -2.09. The fraction of sp³-hybridized carbons (Fsp3) is 0.0769. The first-order chi connectivity index (χ1) is 8.56. The molecule has 0 aliphatic rings. The zero-order chi connectivity index (χ0) is 13.1. The van der Waals surface area contributed by atoms with E-state index in [-0.39, 0.29) is 17.3 Å². The summed E-state index contributed by atoms with van der Waals surface area (Å²) in [4.78, 5) is 0. The van der Waals surface area contributed by atoms with Crippen LogP contribution in [0.5, 0.6) is 11.5 Å². The average Bonchev–Trinajstić information content (AvgIpc) is 2.32. The summed E-state index contributed by atoms with van der Waals surface area (Å²) in [6.45, 7) is 0.379. The fourth-order valence-electron chi connectivity index (χ4n) is 1.51. The molecule has 2 aromatic rings. The van der Waals surface area contributed by atoms with Gasteiger partial charge in [0, 0.05) is 23.9 Å². The van der Waals surface area contributed by atoms with Gasteiger partial charge in [0.25, 0.3) is 0 Å². The molecule has 18 heavy (non-hydrogen) atoms. The van der Waals surface area contributed by atoms with Crippen LogP contribution in [-0.2, 0) is 6.54 Å². The minimum atomic E-state index is -0.326. The Hall–Kier alpha value is -1.75. The number of aromatic hydroxyl groups is 2. The number of hydrogen-bond donors (Lipinski definition) is 3. The van der Waals surface area contributed by atoms with E-state index in [0.29, 0.717) is 16.6 Å². The molecule has 0 heterocycles. The van der Waals surface area contributed by atoms with E-state index < -0.39 is 0 Å². The van der Waals surface area contributed by atoms with Gasteiger partial charge in [-0.15, -0.1) is 0 Å². The van der Waals surface area contributed by atoms with Gasteiger partial charge in [-0.3, -0.25) is 0 Å². The van der Waals surface area contributed by atoms with Crippen molar-refractivity contribution in [3.8, 4) is 11.5 Å². The van der Waals surface area contributed by atoms with Crippen LogP contribution in [0.4, 0.5) is 10.1 Å². The largest absolute Gasteiger partial charge is 0.508 e. The van der Waals surface area contributed by atoms with Crippen LogP contribution in [0.25, 0.3) is 0 Å².